The second-order valence-electron chi connectivity index (χ2n) is 4.52. The van der Waals surface area contributed by atoms with Crippen molar-refractivity contribution in [2.24, 2.45) is 4.99 Å². The number of rotatable bonds is 6. The van der Waals surface area contributed by atoms with E-state index in [1.54, 1.807) is 6.08 Å². The fraction of sp³-hybridized carbons (Fsp3) is 0.467. The molecule has 18 heavy (non-hydrogen) atoms. The van der Waals surface area contributed by atoms with Crippen LogP contribution >= 0.6 is 0 Å². The van der Waals surface area contributed by atoms with Crippen molar-refractivity contribution < 1.29 is 4.79 Å². The van der Waals surface area contributed by atoms with E-state index in [0.29, 0.717) is 6.04 Å². The second-order valence-corrected chi connectivity index (χ2v) is 4.52. The van der Waals surface area contributed by atoms with Gasteiger partial charge in [-0.3, -0.25) is 9.79 Å². The summed E-state index contributed by atoms with van der Waals surface area (Å²) in [7, 11) is 0. The van der Waals surface area contributed by atoms with Gasteiger partial charge in [0.25, 0.3) is 0 Å². The van der Waals surface area contributed by atoms with E-state index in [4.69, 9.17) is 0 Å². The Bertz CT molecular complexity index is 378. The molecule has 0 aromatic heterocycles. The smallest absolute Gasteiger partial charge is 0.142 e. The van der Waals surface area contributed by atoms with Gasteiger partial charge in [-0.25, -0.2) is 0 Å². The highest BCUT2D eigenvalue weighted by atomic mass is 16.1. The van der Waals surface area contributed by atoms with Crippen LogP contribution in [0.2, 0.25) is 0 Å². The molecule has 1 N–H and O–H groups in total. The van der Waals surface area contributed by atoms with Crippen molar-refractivity contribution in [3.63, 3.8) is 0 Å². The van der Waals surface area contributed by atoms with Crippen LogP contribution in [0.3, 0.4) is 0 Å². The Morgan fingerprint density at radius 2 is 2.39 bits per heavy atom. The molecular formula is C15H22N2O. The molecule has 1 atom stereocenters. The zero-order valence-corrected chi connectivity index (χ0v) is 11.2. The Morgan fingerprint density at radius 3 is 3.17 bits per heavy atom. The maximum absolute atomic E-state index is 10.1. The third kappa shape index (κ3) is 6.30. The molecule has 0 fully saturated rings. The minimum absolute atomic E-state index is 0.421. The molecule has 0 saturated carbocycles. The molecule has 0 aromatic rings. The van der Waals surface area contributed by atoms with Gasteiger partial charge in [0.2, 0.25) is 0 Å². The summed E-state index contributed by atoms with van der Waals surface area (Å²) >= 11 is 0. The summed E-state index contributed by atoms with van der Waals surface area (Å²) in [5, 5.41) is 3.51. The standard InChI is InChI=1S/C15H22N2O/c1-13(5-3-4-12-18)8-10-17-15-7-6-14(2)16-11-9-15/h3-7,12,15,17H,8-11H2,1-2H3/b4-3-,13-5-. The van der Waals surface area contributed by atoms with Crippen LogP contribution in [-0.4, -0.2) is 31.1 Å². The van der Waals surface area contributed by atoms with Gasteiger partial charge in [-0.15, -0.1) is 0 Å². The van der Waals surface area contributed by atoms with Crippen molar-refractivity contribution in [3.05, 3.63) is 36.0 Å². The first-order valence-electron chi connectivity index (χ1n) is 6.42. The van der Waals surface area contributed by atoms with E-state index in [0.717, 1.165) is 37.9 Å². The summed E-state index contributed by atoms with van der Waals surface area (Å²) in [6, 6.07) is 0.421. The Kier molecular flexibility index (Phi) is 6.96. The first kappa shape index (κ1) is 14.6. The van der Waals surface area contributed by atoms with Gasteiger partial charge in [0.1, 0.15) is 6.29 Å². The Labute approximate surface area is 109 Å². The van der Waals surface area contributed by atoms with Crippen molar-refractivity contribution in [2.45, 2.75) is 32.7 Å². The highest BCUT2D eigenvalue weighted by Gasteiger charge is 2.05. The van der Waals surface area contributed by atoms with Gasteiger partial charge in [-0.1, -0.05) is 23.8 Å². The number of aldehydes is 1. The predicted octanol–water partition coefficient (Wildman–Crippen LogP) is 2.46. The van der Waals surface area contributed by atoms with E-state index in [9.17, 15) is 4.79 Å². The molecule has 0 bridgehead atoms. The molecule has 0 aliphatic carbocycles. The van der Waals surface area contributed by atoms with Crippen LogP contribution in [0.15, 0.2) is 40.9 Å². The van der Waals surface area contributed by atoms with E-state index in [2.05, 4.69) is 29.4 Å². The van der Waals surface area contributed by atoms with Crippen LogP contribution in [-0.2, 0) is 4.79 Å². The summed E-state index contributed by atoms with van der Waals surface area (Å²) in [6.45, 7) is 5.96. The average Bonchev–Trinajstić information content (AvgIpc) is 2.55. The highest BCUT2D eigenvalue weighted by molar-refractivity contribution is 5.93. The van der Waals surface area contributed by atoms with Crippen molar-refractivity contribution in [3.8, 4) is 0 Å². The molecule has 0 radical (unpaired) electrons. The molecule has 1 aliphatic rings. The van der Waals surface area contributed by atoms with Crippen LogP contribution in [0.4, 0.5) is 0 Å². The molecule has 0 aromatic carbocycles. The lowest BCUT2D eigenvalue weighted by molar-refractivity contribution is -0.104. The Balaban J connectivity index is 2.25. The summed E-state index contributed by atoms with van der Waals surface area (Å²) in [4.78, 5) is 14.5. The van der Waals surface area contributed by atoms with E-state index in [1.165, 1.54) is 11.6 Å². The normalized spacial score (nSPS) is 20.9. The van der Waals surface area contributed by atoms with Crippen molar-refractivity contribution in [2.75, 3.05) is 13.1 Å². The van der Waals surface area contributed by atoms with Gasteiger partial charge in [-0.2, -0.15) is 0 Å². The van der Waals surface area contributed by atoms with Gasteiger partial charge in [0.15, 0.2) is 0 Å². The van der Waals surface area contributed by atoms with Crippen molar-refractivity contribution in [1.82, 2.24) is 5.32 Å². The van der Waals surface area contributed by atoms with Crippen LogP contribution in [0.5, 0.6) is 0 Å². The van der Waals surface area contributed by atoms with Crippen molar-refractivity contribution in [1.29, 1.82) is 0 Å². The van der Waals surface area contributed by atoms with E-state index >= 15 is 0 Å². The molecule has 98 valence electrons. The second kappa shape index (κ2) is 8.59. The molecule has 1 rings (SSSR count). The Hall–Kier alpha value is -1.48. The monoisotopic (exact) mass is 246 g/mol. The molecule has 1 heterocycles. The number of aliphatic imine (C=N–C) groups is 1. The van der Waals surface area contributed by atoms with Crippen LogP contribution in [0, 0.1) is 0 Å². The maximum atomic E-state index is 10.1. The molecule has 3 nitrogen and oxygen atoms in total. The van der Waals surface area contributed by atoms with Gasteiger partial charge >= 0.3 is 0 Å². The lowest BCUT2D eigenvalue weighted by Crippen LogP contribution is -2.28. The number of hydrogen-bond donors (Lipinski definition) is 1. The van der Waals surface area contributed by atoms with Gasteiger partial charge in [0, 0.05) is 18.3 Å². The van der Waals surface area contributed by atoms with Gasteiger partial charge in [0.05, 0.1) is 0 Å². The molecule has 1 unspecified atom stereocenters. The van der Waals surface area contributed by atoms with E-state index < -0.39 is 0 Å². The summed E-state index contributed by atoms with van der Waals surface area (Å²) < 4.78 is 0. The molecule has 0 amide bonds. The fourth-order valence-electron chi connectivity index (χ4n) is 1.76. The highest BCUT2D eigenvalue weighted by Crippen LogP contribution is 2.03. The van der Waals surface area contributed by atoms with Crippen LogP contribution in [0.1, 0.15) is 26.7 Å². The fourth-order valence-corrected chi connectivity index (χ4v) is 1.76. The summed E-state index contributed by atoms with van der Waals surface area (Å²) in [5.74, 6) is 0. The maximum Gasteiger partial charge on any atom is 0.142 e. The lowest BCUT2D eigenvalue weighted by atomic mass is 10.1. The number of allylic oxidation sites excluding steroid dienone is 4. The van der Waals surface area contributed by atoms with E-state index in [1.807, 2.05) is 13.0 Å². The van der Waals surface area contributed by atoms with Gasteiger partial charge in [-0.05, 0) is 45.4 Å². The minimum Gasteiger partial charge on any atom is -0.310 e. The number of nitrogens with one attached hydrogen (secondary N) is 1. The SMILES string of the molecule is CC1=NCCC(NCC/C(C)=C\C=C/C=O)C=C1. The minimum atomic E-state index is 0.421. The zero-order valence-electron chi connectivity index (χ0n) is 11.2. The number of carbonyl (C=O) groups excluding carboxylic acids is 1. The third-order valence-corrected chi connectivity index (χ3v) is 2.87. The molecule has 0 spiro atoms. The molecule has 1 aliphatic heterocycles. The zero-order chi connectivity index (χ0) is 13.2. The Morgan fingerprint density at radius 1 is 1.56 bits per heavy atom. The topological polar surface area (TPSA) is 41.5 Å². The summed E-state index contributed by atoms with van der Waals surface area (Å²) in [6.07, 6.45) is 12.4. The third-order valence-electron chi connectivity index (χ3n) is 2.87. The quantitative estimate of drug-likeness (QED) is 0.444. The van der Waals surface area contributed by atoms with Crippen LogP contribution in [0.25, 0.3) is 0 Å². The first-order valence-corrected chi connectivity index (χ1v) is 6.42. The van der Waals surface area contributed by atoms with E-state index in [-0.39, 0.29) is 0 Å². The average molecular weight is 246 g/mol. The number of hydrogen-bond acceptors (Lipinski definition) is 3. The number of carbonyl (C=O) groups is 1. The molecular weight excluding hydrogens is 224 g/mol. The largest absolute Gasteiger partial charge is 0.310 e. The predicted molar refractivity (Wildman–Crippen MR) is 77.1 cm³/mol. The summed E-state index contributed by atoms with van der Waals surface area (Å²) in [5.41, 5.74) is 2.38. The first-order chi connectivity index (χ1) is 8.72. The molecule has 0 saturated heterocycles. The van der Waals surface area contributed by atoms with Crippen molar-refractivity contribution >= 4 is 12.0 Å². The lowest BCUT2D eigenvalue weighted by Gasteiger charge is -2.12. The molecule has 3 heteroatoms. The van der Waals surface area contributed by atoms with Crippen LogP contribution < -0.4 is 5.32 Å². The van der Waals surface area contributed by atoms with Gasteiger partial charge < -0.3 is 5.32 Å². The number of nitrogens with zero attached hydrogens (tertiary/aromatic N) is 1.